The Balaban J connectivity index is 1.77. The number of piperidine rings is 1. The first-order valence-electron chi connectivity index (χ1n) is 7.88. The Morgan fingerprint density at radius 2 is 1.17 bits per heavy atom. The van der Waals surface area contributed by atoms with Crippen LogP contribution in [0.5, 0.6) is 0 Å². The number of nitrogens with one attached hydrogen (secondary N) is 1. The molecule has 3 aliphatic rings. The molecule has 2 aliphatic heterocycles. The van der Waals surface area contributed by atoms with Crippen molar-refractivity contribution in [1.29, 1.82) is 0 Å². The highest BCUT2D eigenvalue weighted by Gasteiger charge is 2.24. The molecule has 2 saturated heterocycles. The van der Waals surface area contributed by atoms with Crippen molar-refractivity contribution in [2.75, 3.05) is 39.3 Å². The number of hydrogen-bond donors (Lipinski definition) is 1. The fraction of sp³-hybridized carbons (Fsp3) is 0.867. The molecule has 0 bridgehead atoms. The second kappa shape index (κ2) is 5.96. The van der Waals surface area contributed by atoms with Crippen LogP contribution in [0.15, 0.2) is 11.4 Å². The van der Waals surface area contributed by atoms with Gasteiger partial charge in [-0.05, 0) is 44.9 Å². The van der Waals surface area contributed by atoms with Gasteiger partial charge in [-0.15, -0.1) is 0 Å². The first-order chi connectivity index (χ1) is 8.95. The lowest BCUT2D eigenvalue weighted by Crippen LogP contribution is -2.45. The average molecular weight is 249 g/mol. The number of rotatable bonds is 2. The maximum atomic E-state index is 3.47. The van der Waals surface area contributed by atoms with Gasteiger partial charge in [-0.3, -0.25) is 0 Å². The molecule has 0 aromatic heterocycles. The number of likely N-dealkylation sites (tertiary alicyclic amines) is 1. The Hall–Kier alpha value is -0.700. The summed E-state index contributed by atoms with van der Waals surface area (Å²) in [6, 6.07) is 0. The molecule has 0 aromatic rings. The maximum absolute atomic E-state index is 3.47. The smallest absolute Gasteiger partial charge is 0.0328 e. The number of allylic oxidation sites excluding steroid dienone is 2. The van der Waals surface area contributed by atoms with Gasteiger partial charge in [0.15, 0.2) is 0 Å². The van der Waals surface area contributed by atoms with Crippen molar-refractivity contribution in [2.45, 2.75) is 44.9 Å². The van der Waals surface area contributed by atoms with Crippen molar-refractivity contribution in [3.05, 3.63) is 11.4 Å². The molecule has 0 spiro atoms. The van der Waals surface area contributed by atoms with E-state index in [4.69, 9.17) is 0 Å². The summed E-state index contributed by atoms with van der Waals surface area (Å²) in [4.78, 5) is 5.37. The molecule has 1 N–H and O–H groups in total. The minimum Gasteiger partial charge on any atom is -0.373 e. The Morgan fingerprint density at radius 1 is 0.611 bits per heavy atom. The molecule has 3 rings (SSSR count). The van der Waals surface area contributed by atoms with Crippen molar-refractivity contribution in [3.63, 3.8) is 0 Å². The summed E-state index contributed by atoms with van der Waals surface area (Å²) in [5, 5.41) is 3.47. The van der Waals surface area contributed by atoms with Gasteiger partial charge in [-0.25, -0.2) is 0 Å². The van der Waals surface area contributed by atoms with Crippen LogP contribution in [0.4, 0.5) is 0 Å². The van der Waals surface area contributed by atoms with Crippen molar-refractivity contribution in [3.8, 4) is 0 Å². The molecule has 102 valence electrons. The number of piperazine rings is 1. The van der Waals surface area contributed by atoms with E-state index < -0.39 is 0 Å². The van der Waals surface area contributed by atoms with Gasteiger partial charge in [0.2, 0.25) is 0 Å². The summed E-state index contributed by atoms with van der Waals surface area (Å²) >= 11 is 0. The Bertz CT molecular complexity index is 269. The predicted octanol–water partition coefficient (Wildman–Crippen LogP) is 2.16. The highest BCUT2D eigenvalue weighted by molar-refractivity contribution is 5.16. The zero-order valence-electron chi connectivity index (χ0n) is 11.6. The molecule has 3 nitrogen and oxygen atoms in total. The van der Waals surface area contributed by atoms with Crippen molar-refractivity contribution < 1.29 is 0 Å². The largest absolute Gasteiger partial charge is 0.373 e. The third-order valence-electron chi connectivity index (χ3n) is 4.65. The van der Waals surface area contributed by atoms with Crippen LogP contribution in [0.25, 0.3) is 0 Å². The van der Waals surface area contributed by atoms with Crippen LogP contribution in [-0.2, 0) is 0 Å². The van der Waals surface area contributed by atoms with Crippen LogP contribution < -0.4 is 5.32 Å². The van der Waals surface area contributed by atoms with Gasteiger partial charge < -0.3 is 15.1 Å². The van der Waals surface area contributed by atoms with E-state index in [2.05, 4.69) is 15.1 Å². The van der Waals surface area contributed by atoms with Crippen LogP contribution in [0.1, 0.15) is 44.9 Å². The predicted molar refractivity (Wildman–Crippen MR) is 75.4 cm³/mol. The van der Waals surface area contributed by atoms with Crippen LogP contribution in [0, 0.1) is 0 Å². The van der Waals surface area contributed by atoms with Crippen LogP contribution in [0.2, 0.25) is 0 Å². The van der Waals surface area contributed by atoms with E-state index in [1.165, 1.54) is 71.1 Å². The number of hydrogen-bond acceptors (Lipinski definition) is 3. The molecule has 2 heterocycles. The molecular formula is C15H27N3. The molecule has 0 saturated carbocycles. The van der Waals surface area contributed by atoms with Gasteiger partial charge >= 0.3 is 0 Å². The molecule has 0 radical (unpaired) electrons. The fourth-order valence-corrected chi connectivity index (χ4v) is 3.65. The highest BCUT2D eigenvalue weighted by Crippen LogP contribution is 2.31. The molecule has 2 fully saturated rings. The third kappa shape index (κ3) is 2.66. The molecular weight excluding hydrogens is 222 g/mol. The second-order valence-corrected chi connectivity index (χ2v) is 5.89. The van der Waals surface area contributed by atoms with Gasteiger partial charge in [0.25, 0.3) is 0 Å². The van der Waals surface area contributed by atoms with Gasteiger partial charge in [-0.2, -0.15) is 0 Å². The van der Waals surface area contributed by atoms with Gasteiger partial charge in [0, 0.05) is 50.7 Å². The molecule has 1 aliphatic carbocycles. The third-order valence-corrected chi connectivity index (χ3v) is 4.65. The van der Waals surface area contributed by atoms with Gasteiger partial charge in [-0.1, -0.05) is 0 Å². The van der Waals surface area contributed by atoms with E-state index >= 15 is 0 Å². The molecule has 0 amide bonds. The van der Waals surface area contributed by atoms with E-state index in [-0.39, 0.29) is 0 Å². The molecule has 18 heavy (non-hydrogen) atoms. The summed E-state index contributed by atoms with van der Waals surface area (Å²) in [5.74, 6) is 0. The second-order valence-electron chi connectivity index (χ2n) is 5.89. The lowest BCUT2D eigenvalue weighted by Gasteiger charge is -2.40. The molecule has 0 aromatic carbocycles. The fourth-order valence-electron chi connectivity index (χ4n) is 3.65. The average Bonchev–Trinajstić information content (AvgIpc) is 2.49. The van der Waals surface area contributed by atoms with Crippen LogP contribution >= 0.6 is 0 Å². The minimum atomic E-state index is 1.16. The lowest BCUT2D eigenvalue weighted by atomic mass is 9.97. The van der Waals surface area contributed by atoms with Crippen molar-refractivity contribution >= 4 is 0 Å². The summed E-state index contributed by atoms with van der Waals surface area (Å²) in [7, 11) is 0. The van der Waals surface area contributed by atoms with E-state index in [0.29, 0.717) is 0 Å². The Morgan fingerprint density at radius 3 is 1.78 bits per heavy atom. The number of nitrogens with zero attached hydrogens (tertiary/aromatic N) is 2. The zero-order chi connectivity index (χ0) is 12.2. The van der Waals surface area contributed by atoms with Crippen molar-refractivity contribution in [1.82, 2.24) is 15.1 Å². The van der Waals surface area contributed by atoms with Gasteiger partial charge in [0.05, 0.1) is 0 Å². The standard InChI is InChI=1S/C15H27N3/c1-4-10-17(11-5-1)14-6-2-3-7-15(14)18-12-8-16-9-13-18/h16H,1-13H2. The van der Waals surface area contributed by atoms with Crippen LogP contribution in [-0.4, -0.2) is 49.1 Å². The minimum absolute atomic E-state index is 1.16. The molecule has 0 unspecified atom stereocenters. The van der Waals surface area contributed by atoms with Crippen molar-refractivity contribution in [2.24, 2.45) is 0 Å². The zero-order valence-corrected chi connectivity index (χ0v) is 11.6. The quantitative estimate of drug-likeness (QED) is 0.809. The normalized spacial score (nSPS) is 26.7. The summed E-state index contributed by atoms with van der Waals surface area (Å²) in [6.45, 7) is 7.38. The summed E-state index contributed by atoms with van der Waals surface area (Å²) in [5.41, 5.74) is 3.41. The highest BCUT2D eigenvalue weighted by atomic mass is 15.2. The van der Waals surface area contributed by atoms with Gasteiger partial charge in [0.1, 0.15) is 0 Å². The maximum Gasteiger partial charge on any atom is 0.0328 e. The Kier molecular flexibility index (Phi) is 4.09. The molecule has 0 atom stereocenters. The van der Waals surface area contributed by atoms with Crippen LogP contribution in [0.3, 0.4) is 0 Å². The Labute approximate surface area is 111 Å². The topological polar surface area (TPSA) is 18.5 Å². The van der Waals surface area contributed by atoms with E-state index in [9.17, 15) is 0 Å². The van der Waals surface area contributed by atoms with E-state index in [0.717, 1.165) is 13.1 Å². The first-order valence-corrected chi connectivity index (χ1v) is 7.88. The SMILES string of the molecule is C1CCN(C2=C(N3CCNCC3)CCCC2)CC1. The monoisotopic (exact) mass is 249 g/mol. The van der Waals surface area contributed by atoms with E-state index in [1.807, 2.05) is 0 Å². The van der Waals surface area contributed by atoms with E-state index in [1.54, 1.807) is 11.4 Å². The lowest BCUT2D eigenvalue weighted by molar-refractivity contribution is 0.227. The first kappa shape index (κ1) is 12.3. The molecule has 3 heteroatoms. The summed E-state index contributed by atoms with van der Waals surface area (Å²) in [6.07, 6.45) is 9.70. The summed E-state index contributed by atoms with van der Waals surface area (Å²) < 4.78 is 0.